The molecule has 0 rings (SSSR count). The summed E-state index contributed by atoms with van der Waals surface area (Å²) in [6, 6.07) is 0. The molecule has 0 spiro atoms. The minimum atomic E-state index is 0. The van der Waals surface area contributed by atoms with Crippen LogP contribution in [0.15, 0.2) is 0 Å². The van der Waals surface area contributed by atoms with Crippen molar-refractivity contribution in [1.29, 1.82) is 0 Å². The standard InChI is InChI=1S/Ag.Au.Cr.Cu.Fe.Ni.Pb.Zn.2H. The van der Waals surface area contributed by atoms with Gasteiger partial charge in [0.1, 0.15) is 0 Å². The Balaban J connectivity index is 0. The van der Waals surface area contributed by atoms with Gasteiger partial charge < -0.3 is 0 Å². The van der Waals surface area contributed by atoms with Crippen LogP contribution >= 0.6 is 0 Å². The largest absolute Gasteiger partial charge is 0 e. The van der Waals surface area contributed by atoms with Gasteiger partial charge in [0, 0.05) is 132 Å². The molecule has 0 bridgehead atoms. The molecule has 0 aromatic heterocycles. The summed E-state index contributed by atoms with van der Waals surface area (Å²) in [7, 11) is 0. The van der Waals surface area contributed by atoms with Gasteiger partial charge in [0.05, 0.1) is 0 Å². The Labute approximate surface area is 156 Å². The number of hydrogen-bond acceptors (Lipinski definition) is 0. The second kappa shape index (κ2) is 57.4. The first-order chi connectivity index (χ1) is 0. The van der Waals surface area contributed by atoms with Crippen LogP contribution in [0.4, 0.5) is 0 Å². The molecule has 65 valence electrons. The molecule has 0 aromatic carbocycles. The summed E-state index contributed by atoms with van der Waals surface area (Å²) < 4.78 is 0. The van der Waals surface area contributed by atoms with Crippen molar-refractivity contribution in [3.8, 4) is 0 Å². The molecule has 0 saturated carbocycles. The van der Waals surface area contributed by atoms with E-state index in [0.717, 1.165) is 0 Å². The molecule has 0 aromatic rings. The van der Waals surface area contributed by atoms with Crippen LogP contribution in [-0.2, 0) is 132 Å². The van der Waals surface area contributed by atoms with Crippen molar-refractivity contribution in [3.05, 3.63) is 0 Å². The fourth-order valence-corrected chi connectivity index (χ4v) is 0. The first kappa shape index (κ1) is 73.8. The third-order valence-corrected chi connectivity index (χ3v) is 0. The van der Waals surface area contributed by atoms with Crippen molar-refractivity contribution in [3.63, 3.8) is 0 Å². The van der Waals surface area contributed by atoms with E-state index in [-0.39, 0.29) is 160 Å². The van der Waals surface area contributed by atoms with E-state index in [4.69, 9.17) is 0 Å². The van der Waals surface area contributed by atoms with Crippen molar-refractivity contribution < 1.29 is 132 Å². The van der Waals surface area contributed by atoms with Crippen LogP contribution in [0.1, 0.15) is 0 Å². The molecule has 0 aliphatic carbocycles. The normalized spacial score (nSPS) is 0. The summed E-state index contributed by atoms with van der Waals surface area (Å²) in [6.07, 6.45) is 0. The van der Waals surface area contributed by atoms with Crippen molar-refractivity contribution in [2.45, 2.75) is 0 Å². The van der Waals surface area contributed by atoms with E-state index in [0.29, 0.717) is 0 Å². The van der Waals surface area contributed by atoms with E-state index in [1.807, 2.05) is 0 Å². The molecule has 0 saturated heterocycles. The second-order valence-electron chi connectivity index (χ2n) is 0. The quantitative estimate of drug-likeness (QED) is 0.278. The fourth-order valence-electron chi connectivity index (χ4n) is 0. The summed E-state index contributed by atoms with van der Waals surface area (Å²) in [4.78, 5) is 0. The Bertz CT molecular complexity index is 24.0. The SMILES string of the molecule is [Ag].[Au].[Cr].[Cu].[Fe].[Ni].[PbH2].[Zn]. The van der Waals surface area contributed by atoms with Crippen molar-refractivity contribution in [2.75, 3.05) is 0 Å². The zero-order valence-electron chi connectivity index (χ0n) is 3.40. The third-order valence-electron chi connectivity index (χ3n) is 0. The van der Waals surface area contributed by atoms with Crippen LogP contribution in [0.25, 0.3) is 0 Å². The van der Waals surface area contributed by atoms with Crippen molar-refractivity contribution >= 4 is 27.3 Å². The maximum Gasteiger partial charge on any atom is 0 e. The van der Waals surface area contributed by atoms with Gasteiger partial charge in [-0.15, -0.1) is 0 Å². The Kier molecular flexibility index (Phi) is 530. The summed E-state index contributed by atoms with van der Waals surface area (Å²) in [5.41, 5.74) is 0. The van der Waals surface area contributed by atoms with E-state index < -0.39 is 0 Å². The number of hydrogen-bond donors (Lipinski definition) is 0. The van der Waals surface area contributed by atoms with Gasteiger partial charge in [-0.1, -0.05) is 0 Å². The average Bonchev–Trinajstić information content (AvgIpc) is 0. The molecule has 0 N–H and O–H groups in total. The second-order valence-corrected chi connectivity index (χ2v) is 0. The molecule has 0 fully saturated rings. The smallest absolute Gasteiger partial charge is 0 e. The van der Waals surface area contributed by atoms with Gasteiger partial charge in [0.2, 0.25) is 0 Å². The van der Waals surface area contributed by atoms with Crippen molar-refractivity contribution in [1.82, 2.24) is 0 Å². The predicted molar refractivity (Wildman–Crippen MR) is 8.54 cm³/mol. The fraction of sp³-hybridized carbons (Fsp3) is 0. The van der Waals surface area contributed by atoms with E-state index in [1.165, 1.54) is 0 Å². The molecule has 0 unspecified atom stereocenters. The summed E-state index contributed by atoms with van der Waals surface area (Å²) in [5.74, 6) is 0. The van der Waals surface area contributed by atoms with Crippen LogP contribution < -0.4 is 0 Å². The topological polar surface area (TPSA) is 0 Å². The van der Waals surface area contributed by atoms with Crippen LogP contribution in [0.2, 0.25) is 0 Å². The molecule has 0 amide bonds. The minimum Gasteiger partial charge on any atom is 0 e. The van der Waals surface area contributed by atoms with Crippen LogP contribution in [-0.4, -0.2) is 27.3 Å². The van der Waals surface area contributed by atoms with E-state index >= 15 is 0 Å². The average molecular weight is 810 g/mol. The van der Waals surface area contributed by atoms with Gasteiger partial charge in [-0.2, -0.15) is 0 Å². The molecule has 5 radical (unpaired) electrons. The van der Waals surface area contributed by atoms with E-state index in [9.17, 15) is 0 Å². The molecule has 0 nitrogen and oxygen atoms in total. The van der Waals surface area contributed by atoms with Crippen molar-refractivity contribution in [2.24, 2.45) is 0 Å². The molecule has 0 aliphatic rings. The Morgan fingerprint density at radius 2 is 1.00 bits per heavy atom. The minimum absolute atomic E-state index is 0. The molecular formula is H2AgAuCrCuFeNiPbZn. The molecule has 0 aliphatic heterocycles. The van der Waals surface area contributed by atoms with E-state index in [1.54, 1.807) is 0 Å². The first-order valence-corrected chi connectivity index (χ1v) is 0. The van der Waals surface area contributed by atoms with Gasteiger partial charge in [0.25, 0.3) is 0 Å². The molecule has 8 heteroatoms. The van der Waals surface area contributed by atoms with Gasteiger partial charge in [-0.05, 0) is 0 Å². The maximum atomic E-state index is 0. The zero-order valence-corrected chi connectivity index (χ0v) is 19.8. The molecular weight excluding hydrogens is 808 g/mol. The van der Waals surface area contributed by atoms with Crippen LogP contribution in [0.3, 0.4) is 0 Å². The molecule has 0 atom stereocenters. The summed E-state index contributed by atoms with van der Waals surface area (Å²) >= 11 is 0. The maximum absolute atomic E-state index is 0. The first-order valence-electron chi connectivity index (χ1n) is 0. The Morgan fingerprint density at radius 1 is 1.00 bits per heavy atom. The molecule has 0 heterocycles. The van der Waals surface area contributed by atoms with E-state index in [2.05, 4.69) is 0 Å². The summed E-state index contributed by atoms with van der Waals surface area (Å²) in [6.45, 7) is 0. The van der Waals surface area contributed by atoms with Crippen LogP contribution in [0.5, 0.6) is 0 Å². The third kappa shape index (κ3) is 43.6. The van der Waals surface area contributed by atoms with Gasteiger partial charge in [-0.25, -0.2) is 0 Å². The van der Waals surface area contributed by atoms with Crippen LogP contribution in [0, 0.1) is 0 Å². The molecule has 8 heavy (non-hydrogen) atoms. The van der Waals surface area contributed by atoms with Gasteiger partial charge in [-0.3, -0.25) is 0 Å². The number of rotatable bonds is 0. The monoisotopic (exact) mass is 807 g/mol. The summed E-state index contributed by atoms with van der Waals surface area (Å²) in [5, 5.41) is 0. The Morgan fingerprint density at radius 3 is 1.00 bits per heavy atom. The Hall–Kier alpha value is 5.09. The predicted octanol–water partition coefficient (Wildman–Crippen LogP) is -0.934. The van der Waals surface area contributed by atoms with Gasteiger partial charge >= 0.3 is 27.3 Å². The zero-order chi connectivity index (χ0) is 0. The van der Waals surface area contributed by atoms with Gasteiger partial charge in [0.15, 0.2) is 0 Å².